The highest BCUT2D eigenvalue weighted by molar-refractivity contribution is 14.1. The number of nitrogens with zero attached hydrogens (tertiary/aromatic N) is 2. The van der Waals surface area contributed by atoms with Crippen LogP contribution in [-0.4, -0.2) is 56.1 Å². The van der Waals surface area contributed by atoms with E-state index in [4.69, 9.17) is 4.74 Å². The van der Waals surface area contributed by atoms with E-state index in [0.717, 1.165) is 14.7 Å². The summed E-state index contributed by atoms with van der Waals surface area (Å²) in [5.41, 5.74) is 1.65. The number of hydrogen-bond acceptors (Lipinski definition) is 5. The maximum atomic E-state index is 13.6. The molecule has 1 aliphatic rings. The van der Waals surface area contributed by atoms with Crippen molar-refractivity contribution in [1.82, 2.24) is 9.80 Å². The third-order valence-electron chi connectivity index (χ3n) is 4.50. The fraction of sp³-hybridized carbons (Fsp3) is 0.611. The summed E-state index contributed by atoms with van der Waals surface area (Å²) in [5.74, 6) is 0. The highest BCUT2D eigenvalue weighted by atomic mass is 127. The highest BCUT2D eigenvalue weighted by Gasteiger charge is 2.27. The molecule has 1 heterocycles. The van der Waals surface area contributed by atoms with E-state index >= 15 is 0 Å². The molecule has 0 N–H and O–H groups in total. The summed E-state index contributed by atoms with van der Waals surface area (Å²) in [7, 11) is -4.77. The standard InChI is InChI=1S/C18H26FIN2O4S/c1-12-14(10-15(27(19,24)25)13(2)16(12)20)11-21-6-8-22(9-7-21)17(23)26-18(3,4)5/h10H,6-9,11H2,1-5H3. The van der Waals surface area contributed by atoms with Crippen LogP contribution in [0.15, 0.2) is 11.0 Å². The molecular weight excluding hydrogens is 486 g/mol. The van der Waals surface area contributed by atoms with Gasteiger partial charge in [0.15, 0.2) is 0 Å². The average Bonchev–Trinajstić information content (AvgIpc) is 2.53. The van der Waals surface area contributed by atoms with Crippen molar-refractivity contribution in [1.29, 1.82) is 0 Å². The normalized spacial score (nSPS) is 16.5. The lowest BCUT2D eigenvalue weighted by Gasteiger charge is -2.36. The lowest BCUT2D eigenvalue weighted by Crippen LogP contribution is -2.49. The van der Waals surface area contributed by atoms with E-state index in [9.17, 15) is 17.1 Å². The molecule has 0 atom stereocenters. The molecule has 1 fully saturated rings. The van der Waals surface area contributed by atoms with Crippen LogP contribution in [0.4, 0.5) is 8.68 Å². The monoisotopic (exact) mass is 512 g/mol. The third-order valence-corrected chi connectivity index (χ3v) is 7.06. The zero-order chi connectivity index (χ0) is 20.6. The molecule has 6 nitrogen and oxygen atoms in total. The van der Waals surface area contributed by atoms with Crippen molar-refractivity contribution in [2.45, 2.75) is 51.7 Å². The number of carbonyl (C=O) groups is 1. The van der Waals surface area contributed by atoms with Crippen LogP contribution in [0.2, 0.25) is 0 Å². The van der Waals surface area contributed by atoms with E-state index in [-0.39, 0.29) is 11.0 Å². The molecule has 9 heteroatoms. The van der Waals surface area contributed by atoms with E-state index in [1.54, 1.807) is 11.8 Å². The fourth-order valence-electron chi connectivity index (χ4n) is 2.98. The van der Waals surface area contributed by atoms with Crippen LogP contribution in [0.1, 0.15) is 37.5 Å². The van der Waals surface area contributed by atoms with E-state index in [0.29, 0.717) is 38.3 Å². The summed E-state index contributed by atoms with van der Waals surface area (Å²) in [6.45, 7) is 11.9. The minimum Gasteiger partial charge on any atom is -0.444 e. The zero-order valence-electron chi connectivity index (χ0n) is 16.3. The van der Waals surface area contributed by atoms with Gasteiger partial charge in [-0.15, -0.1) is 3.89 Å². The number of hydrogen-bond donors (Lipinski definition) is 0. The molecule has 0 unspecified atom stereocenters. The van der Waals surface area contributed by atoms with Gasteiger partial charge in [-0.1, -0.05) is 0 Å². The van der Waals surface area contributed by atoms with Gasteiger partial charge < -0.3 is 9.64 Å². The van der Waals surface area contributed by atoms with Gasteiger partial charge in [0, 0.05) is 36.3 Å². The smallest absolute Gasteiger partial charge is 0.410 e. The Morgan fingerprint density at radius 2 is 1.74 bits per heavy atom. The molecule has 27 heavy (non-hydrogen) atoms. The second kappa shape index (κ2) is 8.20. The molecule has 0 bridgehead atoms. The van der Waals surface area contributed by atoms with Gasteiger partial charge in [-0.3, -0.25) is 4.90 Å². The number of rotatable bonds is 3. The van der Waals surface area contributed by atoms with Crippen molar-refractivity contribution in [2.75, 3.05) is 26.2 Å². The molecule has 1 amide bonds. The molecule has 0 spiro atoms. The summed E-state index contributed by atoms with van der Waals surface area (Å²) in [6.07, 6.45) is -0.325. The first kappa shape index (κ1) is 22.4. The maximum absolute atomic E-state index is 13.6. The van der Waals surface area contributed by atoms with E-state index in [1.165, 1.54) is 6.07 Å². The second-order valence-electron chi connectivity index (χ2n) is 7.78. The van der Waals surface area contributed by atoms with Crippen LogP contribution in [-0.2, 0) is 21.5 Å². The molecule has 0 aliphatic carbocycles. The van der Waals surface area contributed by atoms with Crippen molar-refractivity contribution >= 4 is 38.9 Å². The summed E-state index contributed by atoms with van der Waals surface area (Å²) in [5, 5.41) is 0. The van der Waals surface area contributed by atoms with Crippen molar-refractivity contribution in [3.05, 3.63) is 26.3 Å². The van der Waals surface area contributed by atoms with Gasteiger partial charge in [0.2, 0.25) is 0 Å². The third kappa shape index (κ3) is 5.77. The van der Waals surface area contributed by atoms with E-state index < -0.39 is 15.8 Å². The van der Waals surface area contributed by atoms with Crippen LogP contribution in [0.5, 0.6) is 0 Å². The molecule has 0 radical (unpaired) electrons. The number of ether oxygens (including phenoxy) is 1. The first-order chi connectivity index (χ1) is 12.3. The van der Waals surface area contributed by atoms with Crippen LogP contribution in [0.3, 0.4) is 0 Å². The Morgan fingerprint density at radius 3 is 2.22 bits per heavy atom. The number of halogens is 2. The van der Waals surface area contributed by atoms with Gasteiger partial charge in [0.1, 0.15) is 10.5 Å². The van der Waals surface area contributed by atoms with Gasteiger partial charge in [-0.05, 0) is 80.0 Å². The van der Waals surface area contributed by atoms with Crippen LogP contribution >= 0.6 is 22.6 Å². The maximum Gasteiger partial charge on any atom is 0.410 e. The van der Waals surface area contributed by atoms with E-state index in [1.807, 2.05) is 27.7 Å². The molecule has 0 saturated carbocycles. The van der Waals surface area contributed by atoms with Crippen LogP contribution in [0.25, 0.3) is 0 Å². The molecular formula is C18H26FIN2O4S. The first-order valence-electron chi connectivity index (χ1n) is 8.73. The molecule has 1 aromatic carbocycles. The minimum atomic E-state index is -4.77. The van der Waals surface area contributed by atoms with Gasteiger partial charge in [-0.2, -0.15) is 8.42 Å². The molecule has 2 rings (SSSR count). The van der Waals surface area contributed by atoms with E-state index in [2.05, 4.69) is 27.5 Å². The Balaban J connectivity index is 2.10. The lowest BCUT2D eigenvalue weighted by molar-refractivity contribution is 0.0138. The van der Waals surface area contributed by atoms with Crippen LogP contribution in [0, 0.1) is 17.4 Å². The van der Waals surface area contributed by atoms with Crippen LogP contribution < -0.4 is 0 Å². The van der Waals surface area contributed by atoms with Gasteiger partial charge in [-0.25, -0.2) is 4.79 Å². The molecule has 0 aromatic heterocycles. The minimum absolute atomic E-state index is 0.264. The Labute approximate surface area is 174 Å². The lowest BCUT2D eigenvalue weighted by atomic mass is 10.0. The summed E-state index contributed by atoms with van der Waals surface area (Å²) >= 11 is 2.06. The summed E-state index contributed by atoms with van der Waals surface area (Å²) < 4.78 is 42.7. The zero-order valence-corrected chi connectivity index (χ0v) is 19.3. The van der Waals surface area contributed by atoms with Crippen molar-refractivity contribution in [3.8, 4) is 0 Å². The van der Waals surface area contributed by atoms with Gasteiger partial charge >= 0.3 is 16.3 Å². The van der Waals surface area contributed by atoms with Crippen molar-refractivity contribution in [2.24, 2.45) is 0 Å². The van der Waals surface area contributed by atoms with Gasteiger partial charge in [0.25, 0.3) is 0 Å². The Morgan fingerprint density at radius 1 is 1.19 bits per heavy atom. The molecule has 1 aromatic rings. The fourth-order valence-corrected chi connectivity index (χ4v) is 4.55. The quantitative estimate of drug-likeness (QED) is 0.458. The molecule has 152 valence electrons. The van der Waals surface area contributed by atoms with Crippen molar-refractivity contribution in [3.63, 3.8) is 0 Å². The topological polar surface area (TPSA) is 66.9 Å². The number of amides is 1. The Hall–Kier alpha value is -0.940. The first-order valence-corrected chi connectivity index (χ1v) is 11.2. The largest absolute Gasteiger partial charge is 0.444 e. The predicted octanol–water partition coefficient (Wildman–Crippen LogP) is 3.62. The summed E-state index contributed by atoms with van der Waals surface area (Å²) in [6, 6.07) is 1.43. The molecule has 1 saturated heterocycles. The summed E-state index contributed by atoms with van der Waals surface area (Å²) in [4.78, 5) is 15.7. The average molecular weight is 512 g/mol. The van der Waals surface area contributed by atoms with Gasteiger partial charge in [0.05, 0.1) is 0 Å². The Kier molecular flexibility index (Phi) is 6.79. The predicted molar refractivity (Wildman–Crippen MR) is 110 cm³/mol. The van der Waals surface area contributed by atoms with Crippen molar-refractivity contribution < 1.29 is 21.8 Å². The Bertz CT molecular complexity index is 829. The highest BCUT2D eigenvalue weighted by Crippen LogP contribution is 2.29. The molecule has 1 aliphatic heterocycles. The second-order valence-corrected chi connectivity index (χ2v) is 10.2. The number of piperazine rings is 1. The SMILES string of the molecule is Cc1c(CN2CCN(C(=O)OC(C)(C)C)CC2)cc(S(=O)(=O)F)c(C)c1I. The number of carbonyl (C=O) groups excluding carboxylic acids is 1. The number of benzene rings is 1.